The van der Waals surface area contributed by atoms with E-state index in [1.165, 1.54) is 22.0 Å². The summed E-state index contributed by atoms with van der Waals surface area (Å²) in [4.78, 5) is 52.8. The maximum absolute atomic E-state index is 13.0. The highest BCUT2D eigenvalue weighted by molar-refractivity contribution is 5.95. The first-order valence-corrected chi connectivity index (χ1v) is 15.5. The van der Waals surface area contributed by atoms with Crippen LogP contribution in [-0.2, 0) is 34.0 Å². The largest absolute Gasteiger partial charge is 0.471 e. The minimum atomic E-state index is -0.503. The summed E-state index contributed by atoms with van der Waals surface area (Å²) in [5.74, 6) is -0.878. The third kappa shape index (κ3) is 7.96. The van der Waals surface area contributed by atoms with Crippen LogP contribution in [0.1, 0.15) is 44.3 Å². The molecule has 13 heteroatoms. The van der Waals surface area contributed by atoms with E-state index in [9.17, 15) is 14.4 Å². The molecular formula is C36H33N7O6. The van der Waals surface area contributed by atoms with Crippen LogP contribution in [0.2, 0.25) is 0 Å². The minimum Gasteiger partial charge on any atom is -0.471 e. The zero-order valence-corrected chi connectivity index (χ0v) is 26.9. The van der Waals surface area contributed by atoms with Crippen molar-refractivity contribution in [1.29, 1.82) is 0 Å². The second-order valence-electron chi connectivity index (χ2n) is 11.0. The van der Waals surface area contributed by atoms with Gasteiger partial charge in [0.05, 0.1) is 31.2 Å². The van der Waals surface area contributed by atoms with Gasteiger partial charge in [0, 0.05) is 18.8 Å². The number of benzene rings is 3. The van der Waals surface area contributed by atoms with Crippen LogP contribution < -0.4 is 4.74 Å². The third-order valence-corrected chi connectivity index (χ3v) is 7.45. The summed E-state index contributed by atoms with van der Waals surface area (Å²) in [5, 5.41) is 4.28. The number of amides is 1. The number of ether oxygens (including phenoxy) is 3. The van der Waals surface area contributed by atoms with Gasteiger partial charge in [-0.1, -0.05) is 72.8 Å². The van der Waals surface area contributed by atoms with Crippen LogP contribution in [0, 0.1) is 0 Å². The second kappa shape index (κ2) is 15.0. The van der Waals surface area contributed by atoms with Crippen molar-refractivity contribution in [2.24, 2.45) is 0 Å². The molecular weight excluding hydrogens is 626 g/mol. The Labute approximate surface area is 281 Å². The molecule has 248 valence electrons. The number of esters is 2. The molecule has 1 amide bonds. The highest BCUT2D eigenvalue weighted by Gasteiger charge is 2.19. The van der Waals surface area contributed by atoms with E-state index in [1.54, 1.807) is 32.4 Å². The zero-order valence-electron chi connectivity index (χ0n) is 26.9. The maximum atomic E-state index is 13.0. The van der Waals surface area contributed by atoms with Crippen LogP contribution in [0.5, 0.6) is 5.88 Å². The van der Waals surface area contributed by atoms with Crippen molar-refractivity contribution in [2.45, 2.75) is 26.7 Å². The number of carbonyl (C=O) groups is 3. The molecule has 0 atom stereocenters. The average Bonchev–Trinajstić information content (AvgIpc) is 3.79. The Morgan fingerprint density at radius 2 is 1.49 bits per heavy atom. The van der Waals surface area contributed by atoms with Crippen molar-refractivity contribution < 1.29 is 28.6 Å². The molecule has 0 N–H and O–H groups in total. The second-order valence-corrected chi connectivity index (χ2v) is 11.0. The molecule has 0 radical (unpaired) electrons. The van der Waals surface area contributed by atoms with Crippen LogP contribution in [-0.4, -0.2) is 72.2 Å². The van der Waals surface area contributed by atoms with Crippen molar-refractivity contribution in [3.63, 3.8) is 0 Å². The Bertz CT molecular complexity index is 2060. The molecule has 3 heterocycles. The summed E-state index contributed by atoms with van der Waals surface area (Å²) in [6.45, 7) is 2.55. The highest BCUT2D eigenvalue weighted by Crippen LogP contribution is 2.24. The van der Waals surface area contributed by atoms with Crippen LogP contribution in [0.25, 0.3) is 17.1 Å². The molecule has 0 unspecified atom stereocenters. The van der Waals surface area contributed by atoms with E-state index < -0.39 is 11.9 Å². The number of imidazole rings is 1. The standard InChI is InChI=1S/C36H33N7O6/c1-3-47-35(46)29-18-38-43(20-29)36-39-32-31(33(40-36)49-23-27-12-8-5-9-13-27)37-24-42(32)19-25-14-16-28(17-15-25)34(45)41(2)21-30(44)48-22-26-10-6-4-7-11-26/h4-18,20,24H,3,19,21-23H2,1-2H3. The smallest absolute Gasteiger partial charge is 0.341 e. The number of rotatable bonds is 13. The van der Waals surface area contributed by atoms with Gasteiger partial charge in [0.1, 0.15) is 19.8 Å². The Morgan fingerprint density at radius 1 is 0.796 bits per heavy atom. The summed E-state index contributed by atoms with van der Waals surface area (Å²) in [6, 6.07) is 26.1. The molecule has 0 aliphatic rings. The van der Waals surface area contributed by atoms with Gasteiger partial charge in [-0.2, -0.15) is 15.1 Å². The van der Waals surface area contributed by atoms with Crippen molar-refractivity contribution in [1.82, 2.24) is 34.2 Å². The molecule has 0 aliphatic heterocycles. The van der Waals surface area contributed by atoms with Gasteiger partial charge in [-0.15, -0.1) is 0 Å². The van der Waals surface area contributed by atoms with Crippen molar-refractivity contribution in [2.75, 3.05) is 20.2 Å². The van der Waals surface area contributed by atoms with Crippen molar-refractivity contribution in [3.05, 3.63) is 131 Å². The fraction of sp³-hybridized carbons (Fsp3) is 0.194. The molecule has 3 aromatic heterocycles. The number of fused-ring (bicyclic) bond motifs is 1. The van der Waals surface area contributed by atoms with E-state index in [2.05, 4.69) is 15.1 Å². The van der Waals surface area contributed by atoms with Gasteiger partial charge in [-0.3, -0.25) is 9.59 Å². The Hall–Kier alpha value is -6.37. The van der Waals surface area contributed by atoms with Crippen molar-refractivity contribution in [3.8, 4) is 11.8 Å². The first-order valence-electron chi connectivity index (χ1n) is 15.5. The predicted octanol–water partition coefficient (Wildman–Crippen LogP) is 4.63. The maximum Gasteiger partial charge on any atom is 0.341 e. The number of aromatic nitrogens is 6. The first kappa shape index (κ1) is 32.6. The van der Waals surface area contributed by atoms with Gasteiger partial charge in [0.2, 0.25) is 5.88 Å². The van der Waals surface area contributed by atoms with Gasteiger partial charge in [0.15, 0.2) is 11.2 Å². The van der Waals surface area contributed by atoms with Crippen LogP contribution in [0.15, 0.2) is 104 Å². The fourth-order valence-corrected chi connectivity index (χ4v) is 4.92. The lowest BCUT2D eigenvalue weighted by molar-refractivity contribution is -0.145. The summed E-state index contributed by atoms with van der Waals surface area (Å²) in [6.07, 6.45) is 4.53. The van der Waals surface area contributed by atoms with E-state index in [4.69, 9.17) is 19.2 Å². The number of hydrogen-bond acceptors (Lipinski definition) is 10. The lowest BCUT2D eigenvalue weighted by Crippen LogP contribution is -2.33. The minimum absolute atomic E-state index is 0.142. The van der Waals surface area contributed by atoms with E-state index in [0.717, 1.165) is 16.7 Å². The Balaban J connectivity index is 1.19. The molecule has 0 saturated heterocycles. The molecule has 0 bridgehead atoms. The highest BCUT2D eigenvalue weighted by atomic mass is 16.5. The zero-order chi connectivity index (χ0) is 34.2. The molecule has 0 aliphatic carbocycles. The first-order chi connectivity index (χ1) is 23.9. The Kier molecular flexibility index (Phi) is 9.99. The number of nitrogens with zero attached hydrogens (tertiary/aromatic N) is 7. The quantitative estimate of drug-likeness (QED) is 0.161. The summed E-state index contributed by atoms with van der Waals surface area (Å²) >= 11 is 0. The number of hydrogen-bond donors (Lipinski definition) is 0. The molecule has 0 saturated carbocycles. The molecule has 0 fully saturated rings. The topological polar surface area (TPSA) is 144 Å². The SMILES string of the molecule is CCOC(=O)c1cnn(-c2nc(OCc3ccccc3)c3ncn(Cc4ccc(C(=O)N(C)CC(=O)OCc5ccccc5)cc4)c3n2)c1. The van der Waals surface area contributed by atoms with E-state index in [1.807, 2.05) is 77.4 Å². The van der Waals surface area contributed by atoms with E-state index >= 15 is 0 Å². The average molecular weight is 660 g/mol. The van der Waals surface area contributed by atoms with Crippen LogP contribution >= 0.6 is 0 Å². The van der Waals surface area contributed by atoms with Crippen LogP contribution in [0.4, 0.5) is 0 Å². The lowest BCUT2D eigenvalue weighted by atomic mass is 10.1. The molecule has 3 aromatic carbocycles. The van der Waals surface area contributed by atoms with Crippen molar-refractivity contribution >= 4 is 29.0 Å². The fourth-order valence-electron chi connectivity index (χ4n) is 4.92. The molecule has 49 heavy (non-hydrogen) atoms. The van der Waals surface area contributed by atoms with Gasteiger partial charge in [-0.05, 0) is 35.7 Å². The van der Waals surface area contributed by atoms with E-state index in [-0.39, 0.29) is 49.7 Å². The summed E-state index contributed by atoms with van der Waals surface area (Å²) in [7, 11) is 1.56. The molecule has 13 nitrogen and oxygen atoms in total. The summed E-state index contributed by atoms with van der Waals surface area (Å²) in [5.41, 5.74) is 4.30. The number of carbonyl (C=O) groups excluding carboxylic acids is 3. The third-order valence-electron chi connectivity index (χ3n) is 7.45. The van der Waals surface area contributed by atoms with Crippen LogP contribution in [0.3, 0.4) is 0 Å². The van der Waals surface area contributed by atoms with Gasteiger partial charge in [0.25, 0.3) is 11.9 Å². The lowest BCUT2D eigenvalue weighted by Gasteiger charge is -2.16. The normalized spacial score (nSPS) is 10.9. The Morgan fingerprint density at radius 3 is 2.18 bits per heavy atom. The van der Waals surface area contributed by atoms with Gasteiger partial charge >= 0.3 is 11.9 Å². The van der Waals surface area contributed by atoms with Gasteiger partial charge in [-0.25, -0.2) is 14.5 Å². The predicted molar refractivity (Wildman–Crippen MR) is 178 cm³/mol. The number of likely N-dealkylation sites (N-methyl/N-ethyl adjacent to an activating group) is 1. The summed E-state index contributed by atoms with van der Waals surface area (Å²) < 4.78 is 19.7. The van der Waals surface area contributed by atoms with Gasteiger partial charge < -0.3 is 23.7 Å². The molecule has 0 spiro atoms. The van der Waals surface area contributed by atoms with E-state index in [0.29, 0.717) is 23.3 Å². The monoisotopic (exact) mass is 659 g/mol. The molecule has 6 rings (SSSR count). The molecule has 6 aromatic rings.